The van der Waals surface area contributed by atoms with Crippen LogP contribution in [-0.4, -0.2) is 58.8 Å². The third-order valence-corrected chi connectivity index (χ3v) is 7.59. The van der Waals surface area contributed by atoms with E-state index in [1.807, 2.05) is 9.80 Å². The molecular weight excluding hydrogens is 547 g/mol. The fourth-order valence-corrected chi connectivity index (χ4v) is 5.35. The summed E-state index contributed by atoms with van der Waals surface area (Å²) in [5.41, 5.74) is -0.616. The van der Waals surface area contributed by atoms with Crippen molar-refractivity contribution < 1.29 is 31.1 Å². The van der Waals surface area contributed by atoms with Crippen LogP contribution in [0.5, 0.6) is 11.5 Å². The highest BCUT2D eigenvalue weighted by atomic mass is 35.5. The van der Waals surface area contributed by atoms with E-state index in [0.717, 1.165) is 12.3 Å². The lowest BCUT2D eigenvalue weighted by Crippen LogP contribution is -2.31. The van der Waals surface area contributed by atoms with E-state index in [9.17, 15) is 21.6 Å². The number of methoxy groups -OCH3 is 2. The molecular formula is C24H25ClF3N5O4S. The average molecular weight is 572 g/mol. The third-order valence-electron chi connectivity index (χ3n) is 5.93. The van der Waals surface area contributed by atoms with E-state index in [-0.39, 0.29) is 21.4 Å². The van der Waals surface area contributed by atoms with Crippen LogP contribution in [0.4, 0.5) is 30.5 Å². The van der Waals surface area contributed by atoms with Crippen molar-refractivity contribution in [2.24, 2.45) is 0 Å². The summed E-state index contributed by atoms with van der Waals surface area (Å²) in [7, 11) is -1.10. The molecule has 3 aromatic rings. The molecule has 1 aromatic carbocycles. The minimum Gasteiger partial charge on any atom is -0.493 e. The van der Waals surface area contributed by atoms with E-state index in [1.54, 1.807) is 0 Å². The first-order chi connectivity index (χ1) is 18.0. The van der Waals surface area contributed by atoms with Crippen molar-refractivity contribution in [3.63, 3.8) is 0 Å². The van der Waals surface area contributed by atoms with Crippen molar-refractivity contribution in [1.82, 2.24) is 9.97 Å². The summed E-state index contributed by atoms with van der Waals surface area (Å²) in [5, 5.41) is 0.249. The van der Waals surface area contributed by atoms with Crippen molar-refractivity contribution >= 4 is 38.9 Å². The SMILES string of the molecule is COc1ccc(S(=O)(=O)Nc2cnc(N3CCCN(c4ccc(C(F)(F)F)cn4)CC3)c(Cl)c2)cc1OC. The van der Waals surface area contributed by atoms with E-state index in [4.69, 9.17) is 21.1 Å². The van der Waals surface area contributed by atoms with Crippen molar-refractivity contribution in [2.45, 2.75) is 17.5 Å². The Labute approximate surface area is 223 Å². The standard InChI is InChI=1S/C24H25ClF3N5O4S/c1-36-20-6-5-18(13-21(20)37-2)38(34,35)31-17-12-19(25)23(30-15-17)33-9-3-8-32(10-11-33)22-7-4-16(14-29-22)24(26,27)28/h4-7,12-15,31H,3,8-11H2,1-2H3. The Bertz CT molecular complexity index is 1390. The summed E-state index contributed by atoms with van der Waals surface area (Å²) >= 11 is 6.48. The van der Waals surface area contributed by atoms with Gasteiger partial charge in [-0.25, -0.2) is 18.4 Å². The molecule has 0 amide bonds. The fraction of sp³-hybridized carbons (Fsp3) is 0.333. The summed E-state index contributed by atoms with van der Waals surface area (Å²) in [5.74, 6) is 1.59. The van der Waals surface area contributed by atoms with E-state index in [1.165, 1.54) is 50.7 Å². The second-order valence-corrected chi connectivity index (χ2v) is 10.5. The van der Waals surface area contributed by atoms with Gasteiger partial charge in [-0.15, -0.1) is 0 Å². The predicted octanol–water partition coefficient (Wildman–Crippen LogP) is 4.68. The topological polar surface area (TPSA) is 96.9 Å². The molecule has 0 atom stereocenters. The molecule has 9 nitrogen and oxygen atoms in total. The summed E-state index contributed by atoms with van der Waals surface area (Å²) in [6, 6.07) is 8.09. The Balaban J connectivity index is 1.45. The minimum absolute atomic E-state index is 0.0279. The van der Waals surface area contributed by atoms with E-state index >= 15 is 0 Å². The number of alkyl halides is 3. The maximum atomic E-state index is 12.9. The van der Waals surface area contributed by atoms with Crippen LogP contribution in [0.1, 0.15) is 12.0 Å². The second-order valence-electron chi connectivity index (χ2n) is 8.38. The molecule has 1 fully saturated rings. The van der Waals surface area contributed by atoms with Crippen LogP contribution < -0.4 is 24.0 Å². The van der Waals surface area contributed by atoms with Gasteiger partial charge in [0, 0.05) is 38.4 Å². The zero-order valence-electron chi connectivity index (χ0n) is 20.5. The highest BCUT2D eigenvalue weighted by Crippen LogP contribution is 2.32. The van der Waals surface area contributed by atoms with Crippen LogP contribution in [0.25, 0.3) is 0 Å². The molecule has 0 saturated carbocycles. The maximum absolute atomic E-state index is 12.9. The number of hydrogen-bond acceptors (Lipinski definition) is 8. The van der Waals surface area contributed by atoms with Gasteiger partial charge in [-0.3, -0.25) is 4.72 Å². The Morgan fingerprint density at radius 2 is 1.63 bits per heavy atom. The van der Waals surface area contributed by atoms with Crippen molar-refractivity contribution in [3.8, 4) is 11.5 Å². The number of sulfonamides is 1. The molecule has 14 heteroatoms. The Kier molecular flexibility index (Phi) is 8.07. The quantitative estimate of drug-likeness (QED) is 0.437. The molecule has 0 radical (unpaired) electrons. The number of halogens is 4. The number of nitrogens with one attached hydrogen (secondary N) is 1. The molecule has 1 aliphatic rings. The molecule has 204 valence electrons. The summed E-state index contributed by atoms with van der Waals surface area (Å²) in [6.45, 7) is 2.17. The monoisotopic (exact) mass is 571 g/mol. The van der Waals surface area contributed by atoms with Gasteiger partial charge in [-0.1, -0.05) is 11.6 Å². The maximum Gasteiger partial charge on any atom is 0.417 e. The predicted molar refractivity (Wildman–Crippen MR) is 138 cm³/mol. The van der Waals surface area contributed by atoms with Crippen LogP contribution in [0.15, 0.2) is 53.7 Å². The highest BCUT2D eigenvalue weighted by molar-refractivity contribution is 7.92. The fourth-order valence-electron chi connectivity index (χ4n) is 4.02. The smallest absolute Gasteiger partial charge is 0.417 e. The molecule has 4 rings (SSSR count). The Morgan fingerprint density at radius 1 is 0.921 bits per heavy atom. The van der Waals surface area contributed by atoms with E-state index in [0.29, 0.717) is 50.0 Å². The number of aromatic nitrogens is 2. The number of ether oxygens (including phenoxy) is 2. The van der Waals surface area contributed by atoms with E-state index < -0.39 is 21.8 Å². The van der Waals surface area contributed by atoms with Crippen LogP contribution >= 0.6 is 11.6 Å². The summed E-state index contributed by atoms with van der Waals surface area (Å²) < 4.78 is 77.1. The van der Waals surface area contributed by atoms with Gasteiger partial charge in [0.15, 0.2) is 11.5 Å². The number of rotatable bonds is 7. The number of nitrogens with zero attached hydrogens (tertiary/aromatic N) is 4. The van der Waals surface area contributed by atoms with Gasteiger partial charge in [0.2, 0.25) is 0 Å². The molecule has 1 aliphatic heterocycles. The lowest BCUT2D eigenvalue weighted by atomic mass is 10.2. The first kappa shape index (κ1) is 27.6. The van der Waals surface area contributed by atoms with Crippen LogP contribution in [0.3, 0.4) is 0 Å². The minimum atomic E-state index is -4.44. The largest absolute Gasteiger partial charge is 0.493 e. The number of pyridine rings is 2. The van der Waals surface area contributed by atoms with Crippen molar-refractivity contribution in [1.29, 1.82) is 0 Å². The lowest BCUT2D eigenvalue weighted by Gasteiger charge is -2.24. The molecule has 2 aromatic heterocycles. The second kappa shape index (κ2) is 11.1. The van der Waals surface area contributed by atoms with Gasteiger partial charge >= 0.3 is 6.18 Å². The molecule has 1 saturated heterocycles. The Morgan fingerprint density at radius 3 is 2.26 bits per heavy atom. The van der Waals surface area contributed by atoms with Gasteiger partial charge in [0.05, 0.1) is 41.6 Å². The van der Waals surface area contributed by atoms with Crippen LogP contribution in [0.2, 0.25) is 5.02 Å². The zero-order chi connectivity index (χ0) is 27.5. The normalized spacial score (nSPS) is 14.7. The molecule has 0 spiro atoms. The number of anilines is 3. The molecule has 3 heterocycles. The average Bonchev–Trinajstić information content (AvgIpc) is 3.14. The van der Waals surface area contributed by atoms with Gasteiger partial charge in [0.1, 0.15) is 11.6 Å². The number of benzene rings is 1. The lowest BCUT2D eigenvalue weighted by molar-refractivity contribution is -0.137. The Hall–Kier alpha value is -3.45. The number of hydrogen-bond donors (Lipinski definition) is 1. The molecule has 38 heavy (non-hydrogen) atoms. The zero-order valence-corrected chi connectivity index (χ0v) is 22.1. The van der Waals surface area contributed by atoms with Crippen molar-refractivity contribution in [2.75, 3.05) is 54.9 Å². The molecule has 0 aliphatic carbocycles. The van der Waals surface area contributed by atoms with Crippen molar-refractivity contribution in [3.05, 3.63) is 59.4 Å². The van der Waals surface area contributed by atoms with E-state index in [2.05, 4.69) is 14.7 Å². The molecule has 0 bridgehead atoms. The third kappa shape index (κ3) is 6.16. The first-order valence-electron chi connectivity index (χ1n) is 11.5. The highest BCUT2D eigenvalue weighted by Gasteiger charge is 2.31. The first-order valence-corrected chi connectivity index (χ1v) is 13.3. The van der Waals surface area contributed by atoms with Gasteiger partial charge in [0.25, 0.3) is 10.0 Å². The van der Waals surface area contributed by atoms with Crippen LogP contribution in [0, 0.1) is 0 Å². The molecule has 0 unspecified atom stereocenters. The summed E-state index contributed by atoms with van der Waals surface area (Å²) in [4.78, 5) is 12.2. The van der Waals surface area contributed by atoms with Gasteiger partial charge < -0.3 is 19.3 Å². The van der Waals surface area contributed by atoms with Crippen LogP contribution in [-0.2, 0) is 16.2 Å². The van der Waals surface area contributed by atoms with Gasteiger partial charge in [-0.2, -0.15) is 13.2 Å². The van der Waals surface area contributed by atoms with Gasteiger partial charge in [-0.05, 0) is 36.8 Å². The molecule has 1 N–H and O–H groups in total. The summed E-state index contributed by atoms with van der Waals surface area (Å²) in [6.07, 6.45) is -1.54.